The summed E-state index contributed by atoms with van der Waals surface area (Å²) >= 11 is 0. The molecule has 6 heteroatoms. The summed E-state index contributed by atoms with van der Waals surface area (Å²) in [6, 6.07) is 15.9. The summed E-state index contributed by atoms with van der Waals surface area (Å²) in [5, 5.41) is 3.80. The molecule has 3 aromatic rings. The highest BCUT2D eigenvalue weighted by Gasteiger charge is 2.42. The van der Waals surface area contributed by atoms with Gasteiger partial charge in [-0.15, -0.1) is 0 Å². The Balaban J connectivity index is 1.42. The lowest BCUT2D eigenvalue weighted by atomic mass is 9.82. The second-order valence-corrected chi connectivity index (χ2v) is 7.59. The number of ether oxygens (including phenoxy) is 1. The lowest BCUT2D eigenvalue weighted by molar-refractivity contribution is 0.0670. The summed E-state index contributed by atoms with van der Waals surface area (Å²) < 4.78 is 7.97. The van der Waals surface area contributed by atoms with Gasteiger partial charge >= 0.3 is 0 Å². The van der Waals surface area contributed by atoms with E-state index >= 15 is 0 Å². The van der Waals surface area contributed by atoms with Crippen molar-refractivity contribution in [2.24, 2.45) is 0 Å². The minimum Gasteiger partial charge on any atom is -0.494 e. The first-order valence-corrected chi connectivity index (χ1v) is 10.1. The van der Waals surface area contributed by atoms with E-state index in [1.165, 1.54) is 5.69 Å². The molecule has 29 heavy (non-hydrogen) atoms. The number of likely N-dealkylation sites (tertiary alicyclic amines) is 1. The second-order valence-electron chi connectivity index (χ2n) is 7.59. The fourth-order valence-corrected chi connectivity index (χ4v) is 4.51. The maximum Gasteiger partial charge on any atom is 0.272 e. The molecule has 0 radical (unpaired) electrons. The van der Waals surface area contributed by atoms with E-state index in [1.807, 2.05) is 30.0 Å². The minimum atomic E-state index is -0.192. The third kappa shape index (κ3) is 2.95. The molecule has 2 aliphatic heterocycles. The fourth-order valence-electron chi connectivity index (χ4n) is 4.51. The first-order chi connectivity index (χ1) is 14.2. The molecule has 1 saturated heterocycles. The standard InChI is InChI=1S/C23H24N4O2/c1-2-29-17-8-9-20-19(16-17)25-23(21-7-5-13-27(20)21)10-14-26(15-11-23)22(28)18-6-3-4-12-24-18/h3-9,12-13,16,25H,2,10-11,14-15H2,1H3. The highest BCUT2D eigenvalue weighted by atomic mass is 16.5. The fraction of sp³-hybridized carbons (Fsp3) is 0.304. The lowest BCUT2D eigenvalue weighted by Gasteiger charge is -2.46. The first-order valence-electron chi connectivity index (χ1n) is 10.1. The Bertz CT molecular complexity index is 1040. The molecule has 1 amide bonds. The molecule has 148 valence electrons. The van der Waals surface area contributed by atoms with Crippen LogP contribution in [0.1, 0.15) is 35.9 Å². The van der Waals surface area contributed by atoms with Gasteiger partial charge in [0.15, 0.2) is 0 Å². The number of pyridine rings is 1. The maximum absolute atomic E-state index is 12.8. The van der Waals surface area contributed by atoms with E-state index < -0.39 is 0 Å². The van der Waals surface area contributed by atoms with Crippen LogP contribution in [0.2, 0.25) is 0 Å². The summed E-state index contributed by atoms with van der Waals surface area (Å²) in [5.41, 5.74) is 3.77. The average molecular weight is 388 g/mol. The SMILES string of the molecule is CCOc1ccc2c(c1)NC1(CCN(C(=O)c3ccccn3)CC1)c1cccn1-2. The monoisotopic (exact) mass is 388 g/mol. The molecule has 1 N–H and O–H groups in total. The molecule has 0 aliphatic carbocycles. The van der Waals surface area contributed by atoms with Gasteiger partial charge in [0.1, 0.15) is 11.4 Å². The van der Waals surface area contributed by atoms with Crippen LogP contribution in [0.5, 0.6) is 5.75 Å². The molecule has 1 aromatic carbocycles. The van der Waals surface area contributed by atoms with Crippen LogP contribution in [0.15, 0.2) is 60.9 Å². The predicted molar refractivity (Wildman–Crippen MR) is 112 cm³/mol. The van der Waals surface area contributed by atoms with Crippen LogP contribution in [0.3, 0.4) is 0 Å². The van der Waals surface area contributed by atoms with Gasteiger partial charge in [-0.05, 0) is 56.2 Å². The molecule has 4 heterocycles. The van der Waals surface area contributed by atoms with Crippen LogP contribution in [0, 0.1) is 0 Å². The van der Waals surface area contributed by atoms with Gasteiger partial charge in [0, 0.05) is 37.2 Å². The molecular weight excluding hydrogens is 364 g/mol. The summed E-state index contributed by atoms with van der Waals surface area (Å²) in [4.78, 5) is 18.9. The molecule has 1 spiro atoms. The number of carbonyl (C=O) groups is 1. The van der Waals surface area contributed by atoms with E-state index in [0.717, 1.165) is 30.0 Å². The molecule has 2 aromatic heterocycles. The van der Waals surface area contributed by atoms with E-state index in [-0.39, 0.29) is 11.4 Å². The predicted octanol–water partition coefficient (Wildman–Crippen LogP) is 3.83. The zero-order valence-electron chi connectivity index (χ0n) is 16.5. The largest absolute Gasteiger partial charge is 0.494 e. The Kier molecular flexibility index (Phi) is 4.27. The van der Waals surface area contributed by atoms with Gasteiger partial charge in [0.25, 0.3) is 5.91 Å². The number of nitrogens with one attached hydrogen (secondary N) is 1. The summed E-state index contributed by atoms with van der Waals surface area (Å²) in [6.07, 6.45) is 5.46. The number of piperidine rings is 1. The zero-order valence-corrected chi connectivity index (χ0v) is 16.5. The number of fused-ring (bicyclic) bond motifs is 4. The van der Waals surface area contributed by atoms with Gasteiger partial charge in [-0.1, -0.05) is 6.07 Å². The second kappa shape index (κ2) is 6.95. The van der Waals surface area contributed by atoms with Gasteiger partial charge in [-0.3, -0.25) is 9.78 Å². The van der Waals surface area contributed by atoms with Crippen molar-refractivity contribution < 1.29 is 9.53 Å². The number of hydrogen-bond acceptors (Lipinski definition) is 4. The van der Waals surface area contributed by atoms with Gasteiger partial charge in [-0.2, -0.15) is 0 Å². The number of anilines is 1. The summed E-state index contributed by atoms with van der Waals surface area (Å²) in [6.45, 7) is 4.01. The van der Waals surface area contributed by atoms with Crippen molar-refractivity contribution in [3.05, 3.63) is 72.3 Å². The van der Waals surface area contributed by atoms with Crippen molar-refractivity contribution in [2.75, 3.05) is 25.0 Å². The third-order valence-corrected chi connectivity index (χ3v) is 5.94. The number of benzene rings is 1. The van der Waals surface area contributed by atoms with Gasteiger partial charge in [-0.25, -0.2) is 0 Å². The normalized spacial score (nSPS) is 16.7. The van der Waals surface area contributed by atoms with Crippen LogP contribution in [0.25, 0.3) is 5.69 Å². The van der Waals surface area contributed by atoms with Crippen molar-refractivity contribution in [1.82, 2.24) is 14.5 Å². The highest BCUT2D eigenvalue weighted by molar-refractivity contribution is 5.92. The number of nitrogens with zero attached hydrogens (tertiary/aromatic N) is 3. The molecule has 0 bridgehead atoms. The van der Waals surface area contributed by atoms with E-state index in [1.54, 1.807) is 12.3 Å². The molecule has 0 saturated carbocycles. The summed E-state index contributed by atoms with van der Waals surface area (Å²) in [7, 11) is 0. The van der Waals surface area contributed by atoms with Crippen molar-refractivity contribution >= 4 is 11.6 Å². The maximum atomic E-state index is 12.8. The lowest BCUT2D eigenvalue weighted by Crippen LogP contribution is -2.51. The van der Waals surface area contributed by atoms with Crippen LogP contribution < -0.4 is 10.1 Å². The summed E-state index contributed by atoms with van der Waals surface area (Å²) in [5.74, 6) is 0.873. The van der Waals surface area contributed by atoms with Crippen LogP contribution in [-0.4, -0.2) is 40.1 Å². The van der Waals surface area contributed by atoms with Crippen molar-refractivity contribution in [3.8, 4) is 11.4 Å². The van der Waals surface area contributed by atoms with Gasteiger partial charge in [0.2, 0.25) is 0 Å². The Labute approximate surface area is 170 Å². The molecule has 2 aliphatic rings. The number of hydrogen-bond donors (Lipinski definition) is 1. The molecule has 1 fully saturated rings. The smallest absolute Gasteiger partial charge is 0.272 e. The quantitative estimate of drug-likeness (QED) is 0.741. The van der Waals surface area contributed by atoms with Crippen molar-refractivity contribution in [1.29, 1.82) is 0 Å². The Hall–Kier alpha value is -3.28. The molecule has 0 unspecified atom stereocenters. The Morgan fingerprint density at radius 1 is 1.17 bits per heavy atom. The number of amides is 1. The van der Waals surface area contributed by atoms with Crippen LogP contribution >= 0.6 is 0 Å². The van der Waals surface area contributed by atoms with Crippen LogP contribution in [-0.2, 0) is 5.54 Å². The molecule has 5 rings (SSSR count). The van der Waals surface area contributed by atoms with E-state index in [4.69, 9.17) is 4.74 Å². The van der Waals surface area contributed by atoms with E-state index in [9.17, 15) is 4.79 Å². The van der Waals surface area contributed by atoms with Gasteiger partial charge < -0.3 is 19.5 Å². The van der Waals surface area contributed by atoms with Gasteiger partial charge in [0.05, 0.1) is 23.5 Å². The highest BCUT2D eigenvalue weighted by Crippen LogP contribution is 2.44. The minimum absolute atomic E-state index is 0.00525. The average Bonchev–Trinajstić information content (AvgIpc) is 3.26. The first kappa shape index (κ1) is 17.8. The number of carbonyl (C=O) groups excluding carboxylic acids is 1. The molecule has 0 atom stereocenters. The van der Waals surface area contributed by atoms with Crippen LogP contribution in [0.4, 0.5) is 5.69 Å². The topological polar surface area (TPSA) is 59.4 Å². The zero-order chi connectivity index (χ0) is 19.8. The van der Waals surface area contributed by atoms with E-state index in [2.05, 4.69) is 45.3 Å². The van der Waals surface area contributed by atoms with Crippen molar-refractivity contribution in [2.45, 2.75) is 25.3 Å². The van der Waals surface area contributed by atoms with E-state index in [0.29, 0.717) is 25.4 Å². The third-order valence-electron chi connectivity index (χ3n) is 5.94. The Morgan fingerprint density at radius 2 is 2.03 bits per heavy atom. The van der Waals surface area contributed by atoms with Crippen molar-refractivity contribution in [3.63, 3.8) is 0 Å². The molecular formula is C23H24N4O2. The Morgan fingerprint density at radius 3 is 2.79 bits per heavy atom. The number of aromatic nitrogens is 2. The molecule has 6 nitrogen and oxygen atoms in total. The number of rotatable bonds is 3.